The van der Waals surface area contributed by atoms with Gasteiger partial charge in [-0.2, -0.15) is 0 Å². The Labute approximate surface area is 76.0 Å². The first-order valence-electron chi connectivity index (χ1n) is 3.42. The van der Waals surface area contributed by atoms with Crippen LogP contribution in [0, 0.1) is 0 Å². The zero-order valence-electron chi connectivity index (χ0n) is 6.36. The Kier molecular flexibility index (Phi) is 2.68. The van der Waals surface area contributed by atoms with Crippen molar-refractivity contribution in [1.82, 2.24) is 4.98 Å². The van der Waals surface area contributed by atoms with Gasteiger partial charge in [-0.25, -0.2) is 0 Å². The number of pyridine rings is 1. The minimum Gasteiger partial charge on any atom is -0.464 e. The number of nitrogens with two attached hydrogens (primary N) is 1. The van der Waals surface area contributed by atoms with Crippen molar-refractivity contribution in [2.45, 2.75) is 6.54 Å². The Balaban J connectivity index is 0.000000720. The minimum absolute atomic E-state index is 0. The van der Waals surface area contributed by atoms with Gasteiger partial charge in [0.25, 0.3) is 0 Å². The van der Waals surface area contributed by atoms with Crippen molar-refractivity contribution in [3.05, 3.63) is 30.3 Å². The van der Waals surface area contributed by atoms with Crippen LogP contribution in [0.3, 0.4) is 0 Å². The zero-order chi connectivity index (χ0) is 7.68. The molecule has 0 amide bonds. The summed E-state index contributed by atoms with van der Waals surface area (Å²) in [4.78, 5) is 3.98. The van der Waals surface area contributed by atoms with Gasteiger partial charge in [-0.1, -0.05) is 0 Å². The number of hydrogen-bond donors (Lipinski definition) is 1. The molecule has 2 N–H and O–H groups in total. The van der Waals surface area contributed by atoms with Gasteiger partial charge in [0.05, 0.1) is 6.26 Å². The van der Waals surface area contributed by atoms with E-state index >= 15 is 0 Å². The summed E-state index contributed by atoms with van der Waals surface area (Å²) in [7, 11) is 0. The van der Waals surface area contributed by atoms with Gasteiger partial charge in [-0.15, -0.1) is 12.4 Å². The van der Waals surface area contributed by atoms with Crippen molar-refractivity contribution < 1.29 is 4.42 Å². The fraction of sp³-hybridized carbons (Fsp3) is 0.125. The van der Waals surface area contributed by atoms with Crippen molar-refractivity contribution in [3.8, 4) is 0 Å². The Morgan fingerprint density at radius 1 is 1.50 bits per heavy atom. The van der Waals surface area contributed by atoms with Crippen LogP contribution in [-0.2, 0) is 6.54 Å². The molecule has 2 rings (SSSR count). The van der Waals surface area contributed by atoms with E-state index < -0.39 is 0 Å². The highest BCUT2D eigenvalue weighted by atomic mass is 35.5. The van der Waals surface area contributed by atoms with Gasteiger partial charge < -0.3 is 10.2 Å². The lowest BCUT2D eigenvalue weighted by atomic mass is 10.2. The fourth-order valence-corrected chi connectivity index (χ4v) is 1.08. The highest BCUT2D eigenvalue weighted by molar-refractivity contribution is 5.85. The monoisotopic (exact) mass is 184 g/mol. The lowest BCUT2D eigenvalue weighted by Gasteiger charge is -1.88. The molecule has 0 saturated heterocycles. The van der Waals surface area contributed by atoms with Crippen LogP contribution in [0.15, 0.2) is 29.1 Å². The number of hydrogen-bond acceptors (Lipinski definition) is 3. The average molecular weight is 185 g/mol. The lowest BCUT2D eigenvalue weighted by Crippen LogP contribution is -1.93. The molecule has 2 aromatic rings. The van der Waals surface area contributed by atoms with E-state index in [1.165, 1.54) is 0 Å². The third-order valence-electron chi connectivity index (χ3n) is 1.68. The molecule has 0 saturated carbocycles. The van der Waals surface area contributed by atoms with E-state index in [4.69, 9.17) is 10.2 Å². The van der Waals surface area contributed by atoms with Crippen molar-refractivity contribution in [1.29, 1.82) is 0 Å². The fourth-order valence-electron chi connectivity index (χ4n) is 1.08. The van der Waals surface area contributed by atoms with E-state index in [9.17, 15) is 0 Å². The number of rotatable bonds is 1. The molecular weight excluding hydrogens is 176 g/mol. The SMILES string of the molecule is Cl.NCc1coc2ccncc12. The van der Waals surface area contributed by atoms with Gasteiger partial charge in [0.15, 0.2) is 0 Å². The van der Waals surface area contributed by atoms with Crippen LogP contribution < -0.4 is 5.73 Å². The molecule has 2 aromatic heterocycles. The molecule has 0 fully saturated rings. The van der Waals surface area contributed by atoms with E-state index in [2.05, 4.69) is 4.98 Å². The Morgan fingerprint density at radius 3 is 3.08 bits per heavy atom. The molecule has 2 heterocycles. The molecule has 64 valence electrons. The van der Waals surface area contributed by atoms with E-state index in [1.807, 2.05) is 6.07 Å². The molecule has 0 bridgehead atoms. The van der Waals surface area contributed by atoms with E-state index in [-0.39, 0.29) is 12.4 Å². The maximum atomic E-state index is 5.47. The van der Waals surface area contributed by atoms with Crippen LogP contribution >= 0.6 is 12.4 Å². The van der Waals surface area contributed by atoms with Crippen LogP contribution in [0.25, 0.3) is 11.0 Å². The first kappa shape index (κ1) is 9.03. The molecule has 0 radical (unpaired) electrons. The Morgan fingerprint density at radius 2 is 2.33 bits per heavy atom. The van der Waals surface area contributed by atoms with Crippen LogP contribution in [-0.4, -0.2) is 4.98 Å². The molecular formula is C8H9ClN2O. The molecule has 12 heavy (non-hydrogen) atoms. The normalized spacial score (nSPS) is 9.75. The van der Waals surface area contributed by atoms with Crippen molar-refractivity contribution in [3.63, 3.8) is 0 Å². The quantitative estimate of drug-likeness (QED) is 0.734. The molecule has 0 aliphatic rings. The smallest absolute Gasteiger partial charge is 0.137 e. The van der Waals surface area contributed by atoms with Gasteiger partial charge in [0.2, 0.25) is 0 Å². The highest BCUT2D eigenvalue weighted by Gasteiger charge is 2.01. The number of halogens is 1. The maximum Gasteiger partial charge on any atom is 0.137 e. The number of fused-ring (bicyclic) bond motifs is 1. The summed E-state index contributed by atoms with van der Waals surface area (Å²) >= 11 is 0. The largest absolute Gasteiger partial charge is 0.464 e. The molecule has 4 heteroatoms. The summed E-state index contributed by atoms with van der Waals surface area (Å²) in [5, 5.41) is 1.01. The summed E-state index contributed by atoms with van der Waals surface area (Å²) < 4.78 is 5.22. The summed E-state index contributed by atoms with van der Waals surface area (Å²) in [6.07, 6.45) is 5.14. The molecule has 0 unspecified atom stereocenters. The summed E-state index contributed by atoms with van der Waals surface area (Å²) in [5.41, 5.74) is 7.33. The van der Waals surface area contributed by atoms with Crippen LogP contribution in [0.4, 0.5) is 0 Å². The van der Waals surface area contributed by atoms with Gasteiger partial charge in [0, 0.05) is 29.9 Å². The number of nitrogens with zero attached hydrogens (tertiary/aromatic N) is 1. The standard InChI is InChI=1S/C8H8N2O.ClH/c9-3-6-5-11-8-1-2-10-4-7(6)8;/h1-2,4-5H,3,9H2;1H. The molecule has 0 atom stereocenters. The lowest BCUT2D eigenvalue weighted by molar-refractivity contribution is 0.610. The van der Waals surface area contributed by atoms with Gasteiger partial charge in [-0.05, 0) is 6.07 Å². The predicted octanol–water partition coefficient (Wildman–Crippen LogP) is 1.71. The van der Waals surface area contributed by atoms with E-state index in [1.54, 1.807) is 18.7 Å². The topological polar surface area (TPSA) is 52.0 Å². The number of furan rings is 1. The summed E-state index contributed by atoms with van der Waals surface area (Å²) in [6, 6.07) is 1.83. The molecule has 0 aliphatic carbocycles. The first-order valence-corrected chi connectivity index (χ1v) is 3.42. The molecule has 0 spiro atoms. The van der Waals surface area contributed by atoms with Gasteiger partial charge in [-0.3, -0.25) is 4.98 Å². The van der Waals surface area contributed by atoms with Crippen LogP contribution in [0.1, 0.15) is 5.56 Å². The maximum absolute atomic E-state index is 5.47. The molecule has 0 aromatic carbocycles. The second kappa shape index (κ2) is 3.56. The summed E-state index contributed by atoms with van der Waals surface area (Å²) in [6.45, 7) is 0.499. The third-order valence-corrected chi connectivity index (χ3v) is 1.68. The second-order valence-corrected chi connectivity index (χ2v) is 2.34. The van der Waals surface area contributed by atoms with Crippen molar-refractivity contribution in [2.24, 2.45) is 5.73 Å². The third kappa shape index (κ3) is 1.29. The molecule has 0 aliphatic heterocycles. The van der Waals surface area contributed by atoms with Crippen LogP contribution in [0.2, 0.25) is 0 Å². The second-order valence-electron chi connectivity index (χ2n) is 2.34. The Bertz CT molecular complexity index is 372. The number of aromatic nitrogens is 1. The Hall–Kier alpha value is -1.06. The average Bonchev–Trinajstić information content (AvgIpc) is 2.47. The predicted molar refractivity (Wildman–Crippen MR) is 49.1 cm³/mol. The minimum atomic E-state index is 0. The highest BCUT2D eigenvalue weighted by Crippen LogP contribution is 2.18. The van der Waals surface area contributed by atoms with E-state index in [0.717, 1.165) is 16.5 Å². The van der Waals surface area contributed by atoms with Gasteiger partial charge >= 0.3 is 0 Å². The summed E-state index contributed by atoms with van der Waals surface area (Å²) in [5.74, 6) is 0. The zero-order valence-corrected chi connectivity index (χ0v) is 7.17. The van der Waals surface area contributed by atoms with Crippen LogP contribution in [0.5, 0.6) is 0 Å². The van der Waals surface area contributed by atoms with Crippen molar-refractivity contribution in [2.75, 3.05) is 0 Å². The first-order chi connectivity index (χ1) is 5.42. The van der Waals surface area contributed by atoms with Gasteiger partial charge in [0.1, 0.15) is 5.58 Å². The molecule has 3 nitrogen and oxygen atoms in total. The van der Waals surface area contributed by atoms with E-state index in [0.29, 0.717) is 6.54 Å². The van der Waals surface area contributed by atoms with Crippen molar-refractivity contribution >= 4 is 23.4 Å².